The van der Waals surface area contributed by atoms with Crippen molar-refractivity contribution in [2.45, 2.75) is 26.4 Å². The molecule has 0 aliphatic heterocycles. The number of para-hydroxylation sites is 2. The molecule has 3 rings (SSSR count). The molecule has 20 heavy (non-hydrogen) atoms. The Labute approximate surface area is 122 Å². The van der Waals surface area contributed by atoms with Crippen molar-refractivity contribution in [3.05, 3.63) is 46.2 Å². The first-order valence-corrected chi connectivity index (χ1v) is 7.58. The van der Waals surface area contributed by atoms with Gasteiger partial charge in [0.1, 0.15) is 5.82 Å². The molecule has 104 valence electrons. The normalized spacial score (nSPS) is 12.9. The van der Waals surface area contributed by atoms with E-state index in [0.29, 0.717) is 0 Å². The first-order chi connectivity index (χ1) is 9.66. The van der Waals surface area contributed by atoms with Gasteiger partial charge < -0.3 is 9.88 Å². The summed E-state index contributed by atoms with van der Waals surface area (Å²) in [7, 11) is 2.07. The van der Waals surface area contributed by atoms with Gasteiger partial charge in [-0.15, -0.1) is 11.3 Å². The summed E-state index contributed by atoms with van der Waals surface area (Å²) in [6.45, 7) is 5.03. The quantitative estimate of drug-likeness (QED) is 0.801. The summed E-state index contributed by atoms with van der Waals surface area (Å²) in [5, 5.41) is 3.53. The topological polar surface area (TPSA) is 42.7 Å². The van der Waals surface area contributed by atoms with Crippen LogP contribution in [0.3, 0.4) is 0 Å². The third-order valence-electron chi connectivity index (χ3n) is 3.62. The minimum atomic E-state index is 0.203. The van der Waals surface area contributed by atoms with Gasteiger partial charge in [-0.2, -0.15) is 0 Å². The van der Waals surface area contributed by atoms with Crippen molar-refractivity contribution in [2.75, 3.05) is 0 Å². The molecule has 0 radical (unpaired) electrons. The molecule has 2 heterocycles. The van der Waals surface area contributed by atoms with E-state index in [2.05, 4.69) is 41.0 Å². The van der Waals surface area contributed by atoms with Crippen molar-refractivity contribution in [1.82, 2.24) is 19.9 Å². The van der Waals surface area contributed by atoms with Crippen molar-refractivity contribution >= 4 is 22.4 Å². The lowest BCUT2D eigenvalue weighted by Gasteiger charge is -2.13. The van der Waals surface area contributed by atoms with Crippen LogP contribution in [0.15, 0.2) is 29.8 Å². The molecule has 0 fully saturated rings. The van der Waals surface area contributed by atoms with Crippen LogP contribution in [0.4, 0.5) is 0 Å². The van der Waals surface area contributed by atoms with Gasteiger partial charge in [-0.05, 0) is 26.0 Å². The number of hydrogen-bond donors (Lipinski definition) is 1. The van der Waals surface area contributed by atoms with Crippen molar-refractivity contribution < 1.29 is 0 Å². The van der Waals surface area contributed by atoms with E-state index in [1.807, 2.05) is 24.6 Å². The minimum absolute atomic E-state index is 0.203. The number of benzene rings is 1. The summed E-state index contributed by atoms with van der Waals surface area (Å²) in [5.41, 5.74) is 5.23. The maximum Gasteiger partial charge on any atom is 0.126 e. The van der Waals surface area contributed by atoms with Crippen molar-refractivity contribution in [1.29, 1.82) is 0 Å². The Kier molecular flexibility index (Phi) is 3.54. The second kappa shape index (κ2) is 5.34. The summed E-state index contributed by atoms with van der Waals surface area (Å²) in [6, 6.07) is 8.43. The van der Waals surface area contributed by atoms with E-state index in [4.69, 9.17) is 4.98 Å². The Bertz CT molecular complexity index is 728. The molecule has 5 heteroatoms. The fourth-order valence-corrected chi connectivity index (χ4v) is 3.11. The Morgan fingerprint density at radius 2 is 2.15 bits per heavy atom. The molecule has 1 aromatic carbocycles. The van der Waals surface area contributed by atoms with Gasteiger partial charge in [-0.3, -0.25) is 0 Å². The van der Waals surface area contributed by atoms with Gasteiger partial charge in [0, 0.05) is 18.5 Å². The number of aromatic nitrogens is 3. The molecular formula is C15H18N4S. The van der Waals surface area contributed by atoms with Gasteiger partial charge in [-0.25, -0.2) is 9.97 Å². The summed E-state index contributed by atoms with van der Waals surface area (Å²) in [5.74, 6) is 1.06. The zero-order valence-corrected chi connectivity index (χ0v) is 12.7. The molecule has 1 unspecified atom stereocenters. The van der Waals surface area contributed by atoms with Crippen LogP contribution in [-0.2, 0) is 13.6 Å². The number of nitrogens with one attached hydrogen (secondary N) is 1. The highest BCUT2D eigenvalue weighted by molar-refractivity contribution is 7.09. The summed E-state index contributed by atoms with van der Waals surface area (Å²) >= 11 is 1.70. The largest absolute Gasteiger partial charge is 0.330 e. The Hall–Kier alpha value is -1.72. The van der Waals surface area contributed by atoms with Gasteiger partial charge in [0.05, 0.1) is 28.3 Å². The van der Waals surface area contributed by atoms with Gasteiger partial charge in [0.15, 0.2) is 0 Å². The third-order valence-corrected chi connectivity index (χ3v) is 4.56. The van der Waals surface area contributed by atoms with Gasteiger partial charge in [0.25, 0.3) is 0 Å². The molecule has 1 N–H and O–H groups in total. The molecular weight excluding hydrogens is 268 g/mol. The number of hydrogen-bond acceptors (Lipinski definition) is 4. The maximum absolute atomic E-state index is 4.72. The predicted molar refractivity (Wildman–Crippen MR) is 82.8 cm³/mol. The van der Waals surface area contributed by atoms with Gasteiger partial charge >= 0.3 is 0 Å². The molecule has 0 saturated carbocycles. The number of aryl methyl sites for hydroxylation is 2. The van der Waals surface area contributed by atoms with Gasteiger partial charge in [-0.1, -0.05) is 12.1 Å². The smallest absolute Gasteiger partial charge is 0.126 e. The number of thiazole rings is 1. The van der Waals surface area contributed by atoms with E-state index >= 15 is 0 Å². The number of nitrogens with zero attached hydrogens (tertiary/aromatic N) is 3. The highest BCUT2D eigenvalue weighted by Gasteiger charge is 2.14. The third kappa shape index (κ3) is 2.34. The van der Waals surface area contributed by atoms with E-state index in [-0.39, 0.29) is 6.04 Å². The molecule has 2 aromatic heterocycles. The predicted octanol–water partition coefficient (Wildman–Crippen LogP) is 3.19. The van der Waals surface area contributed by atoms with Crippen molar-refractivity contribution in [3.8, 4) is 0 Å². The molecule has 0 spiro atoms. The number of imidazole rings is 1. The molecule has 0 aliphatic rings. The molecule has 3 aromatic rings. The maximum atomic E-state index is 4.72. The van der Waals surface area contributed by atoms with E-state index < -0.39 is 0 Å². The summed E-state index contributed by atoms with van der Waals surface area (Å²) < 4.78 is 2.16. The zero-order chi connectivity index (χ0) is 14.1. The highest BCUT2D eigenvalue weighted by Crippen LogP contribution is 2.20. The molecule has 1 atom stereocenters. The fraction of sp³-hybridized carbons (Fsp3) is 0.333. The second-order valence-corrected chi connectivity index (χ2v) is 5.92. The van der Waals surface area contributed by atoms with E-state index in [1.165, 1.54) is 10.4 Å². The Balaban J connectivity index is 1.80. The van der Waals surface area contributed by atoms with Crippen LogP contribution >= 0.6 is 11.3 Å². The van der Waals surface area contributed by atoms with Crippen LogP contribution < -0.4 is 5.32 Å². The lowest BCUT2D eigenvalue weighted by Crippen LogP contribution is -2.21. The first-order valence-electron chi connectivity index (χ1n) is 6.70. The molecule has 0 bridgehead atoms. The van der Waals surface area contributed by atoms with Crippen molar-refractivity contribution in [3.63, 3.8) is 0 Å². The van der Waals surface area contributed by atoms with Crippen LogP contribution in [0.2, 0.25) is 0 Å². The first kappa shape index (κ1) is 13.3. The summed E-state index contributed by atoms with van der Waals surface area (Å²) in [6.07, 6.45) is 0. The zero-order valence-electron chi connectivity index (χ0n) is 11.9. The standard InChI is InChI=1S/C15H18N4S/c1-10-14(20-9-17-10)8-16-11(2)15-18-12-6-4-5-7-13(12)19(15)3/h4-7,9,11,16H,8H2,1-3H3. The van der Waals surface area contributed by atoms with Crippen LogP contribution in [0, 0.1) is 6.92 Å². The fourth-order valence-electron chi connectivity index (χ4n) is 2.38. The Morgan fingerprint density at radius 3 is 2.85 bits per heavy atom. The van der Waals surface area contributed by atoms with Crippen LogP contribution in [0.5, 0.6) is 0 Å². The van der Waals surface area contributed by atoms with E-state index in [0.717, 1.165) is 23.6 Å². The van der Waals surface area contributed by atoms with Crippen LogP contribution in [-0.4, -0.2) is 14.5 Å². The number of rotatable bonds is 4. The van der Waals surface area contributed by atoms with E-state index in [1.54, 1.807) is 11.3 Å². The second-order valence-electron chi connectivity index (χ2n) is 4.98. The summed E-state index contributed by atoms with van der Waals surface area (Å²) in [4.78, 5) is 10.3. The van der Waals surface area contributed by atoms with Crippen LogP contribution in [0.25, 0.3) is 11.0 Å². The average molecular weight is 286 g/mol. The highest BCUT2D eigenvalue weighted by atomic mass is 32.1. The molecule has 0 saturated heterocycles. The molecule has 0 aliphatic carbocycles. The Morgan fingerprint density at radius 1 is 1.35 bits per heavy atom. The number of fused-ring (bicyclic) bond motifs is 1. The molecule has 0 amide bonds. The molecule has 4 nitrogen and oxygen atoms in total. The van der Waals surface area contributed by atoms with Gasteiger partial charge in [0.2, 0.25) is 0 Å². The minimum Gasteiger partial charge on any atom is -0.330 e. The average Bonchev–Trinajstić information content (AvgIpc) is 3.01. The SMILES string of the molecule is Cc1ncsc1CNC(C)c1nc2ccccc2n1C. The van der Waals surface area contributed by atoms with E-state index in [9.17, 15) is 0 Å². The lowest BCUT2D eigenvalue weighted by atomic mass is 10.3. The van der Waals surface area contributed by atoms with Crippen LogP contribution in [0.1, 0.15) is 29.4 Å². The van der Waals surface area contributed by atoms with Crippen molar-refractivity contribution in [2.24, 2.45) is 7.05 Å². The lowest BCUT2D eigenvalue weighted by molar-refractivity contribution is 0.535. The monoisotopic (exact) mass is 286 g/mol.